The van der Waals surface area contributed by atoms with Gasteiger partial charge in [-0.25, -0.2) is 17.6 Å². The Morgan fingerprint density at radius 1 is 1.00 bits per heavy atom. The Balaban J connectivity index is 2.27. The first-order valence-corrected chi connectivity index (χ1v) is 6.21. The lowest BCUT2D eigenvalue weighted by Crippen LogP contribution is -2.05. The highest BCUT2D eigenvalue weighted by Crippen LogP contribution is 2.24. The van der Waals surface area contributed by atoms with Crippen LogP contribution in [0.1, 0.15) is 12.5 Å². The van der Waals surface area contributed by atoms with Crippen LogP contribution in [0.5, 0.6) is 5.75 Å². The number of methoxy groups -OCH3 is 1. The van der Waals surface area contributed by atoms with Crippen LogP contribution in [0.15, 0.2) is 35.4 Å². The standard InChI is InChI=1S/C15H12F4N2O/c1-8(9-3-5-10(22-2)6-4-9)20-21-15-13(18)11(16)7-12(17)14(15)19/h3-7,21H,1-2H3/b20-8+. The van der Waals surface area contributed by atoms with Gasteiger partial charge in [-0.1, -0.05) is 0 Å². The van der Waals surface area contributed by atoms with Crippen LogP contribution in [0, 0.1) is 23.3 Å². The van der Waals surface area contributed by atoms with Gasteiger partial charge in [0, 0.05) is 6.07 Å². The fourth-order valence-electron chi connectivity index (χ4n) is 1.71. The number of hydrogen-bond donors (Lipinski definition) is 1. The van der Waals surface area contributed by atoms with Crippen molar-refractivity contribution in [1.82, 2.24) is 0 Å². The topological polar surface area (TPSA) is 33.6 Å². The zero-order valence-corrected chi connectivity index (χ0v) is 11.8. The van der Waals surface area contributed by atoms with Gasteiger partial charge in [-0.2, -0.15) is 5.10 Å². The summed E-state index contributed by atoms with van der Waals surface area (Å²) in [6, 6.07) is 6.85. The van der Waals surface area contributed by atoms with Gasteiger partial charge in [-0.3, -0.25) is 5.43 Å². The van der Waals surface area contributed by atoms with Crippen LogP contribution < -0.4 is 10.2 Å². The molecule has 7 heteroatoms. The lowest BCUT2D eigenvalue weighted by molar-refractivity contribution is 0.415. The smallest absolute Gasteiger partial charge is 0.186 e. The Morgan fingerprint density at radius 2 is 1.55 bits per heavy atom. The fourth-order valence-corrected chi connectivity index (χ4v) is 1.71. The molecule has 0 amide bonds. The molecule has 0 radical (unpaired) electrons. The Hall–Kier alpha value is -2.57. The van der Waals surface area contributed by atoms with Gasteiger partial charge >= 0.3 is 0 Å². The minimum atomic E-state index is -1.54. The van der Waals surface area contributed by atoms with E-state index in [1.54, 1.807) is 31.2 Å². The number of hydrazone groups is 1. The second-order valence-electron chi connectivity index (χ2n) is 4.38. The second kappa shape index (κ2) is 6.46. The summed E-state index contributed by atoms with van der Waals surface area (Å²) < 4.78 is 58.1. The summed E-state index contributed by atoms with van der Waals surface area (Å²) in [5.74, 6) is -5.44. The molecule has 0 aliphatic carbocycles. The lowest BCUT2D eigenvalue weighted by Gasteiger charge is -2.08. The third-order valence-electron chi connectivity index (χ3n) is 2.95. The maximum absolute atomic E-state index is 13.5. The summed E-state index contributed by atoms with van der Waals surface area (Å²) in [7, 11) is 1.52. The van der Waals surface area contributed by atoms with E-state index in [4.69, 9.17) is 4.74 Å². The van der Waals surface area contributed by atoms with E-state index in [0.29, 0.717) is 17.0 Å². The highest BCUT2D eigenvalue weighted by atomic mass is 19.2. The average molecular weight is 312 g/mol. The monoisotopic (exact) mass is 312 g/mol. The molecule has 0 bridgehead atoms. The molecule has 3 nitrogen and oxygen atoms in total. The first-order valence-electron chi connectivity index (χ1n) is 6.21. The number of anilines is 1. The van der Waals surface area contributed by atoms with Crippen LogP contribution in [-0.4, -0.2) is 12.8 Å². The molecule has 22 heavy (non-hydrogen) atoms. The van der Waals surface area contributed by atoms with Gasteiger partial charge in [0.05, 0.1) is 12.8 Å². The van der Waals surface area contributed by atoms with Crippen LogP contribution in [0.2, 0.25) is 0 Å². The van der Waals surface area contributed by atoms with Gasteiger partial charge < -0.3 is 4.74 Å². The summed E-state index contributed by atoms with van der Waals surface area (Å²) in [6.45, 7) is 1.57. The second-order valence-corrected chi connectivity index (χ2v) is 4.38. The summed E-state index contributed by atoms with van der Waals surface area (Å²) in [6.07, 6.45) is 0. The third-order valence-corrected chi connectivity index (χ3v) is 2.95. The van der Waals surface area contributed by atoms with Crippen molar-refractivity contribution in [2.75, 3.05) is 12.5 Å². The van der Waals surface area contributed by atoms with E-state index in [9.17, 15) is 17.6 Å². The average Bonchev–Trinajstić information content (AvgIpc) is 2.53. The van der Waals surface area contributed by atoms with Crippen molar-refractivity contribution in [3.8, 4) is 5.75 Å². The minimum Gasteiger partial charge on any atom is -0.497 e. The van der Waals surface area contributed by atoms with E-state index in [2.05, 4.69) is 5.10 Å². The number of nitrogens with zero attached hydrogens (tertiary/aromatic N) is 1. The number of hydrogen-bond acceptors (Lipinski definition) is 3. The van der Waals surface area contributed by atoms with Crippen molar-refractivity contribution in [3.63, 3.8) is 0 Å². The number of benzene rings is 2. The highest BCUT2D eigenvalue weighted by Gasteiger charge is 2.18. The quantitative estimate of drug-likeness (QED) is 0.399. The molecule has 0 atom stereocenters. The van der Waals surface area contributed by atoms with Gasteiger partial charge in [-0.05, 0) is 36.8 Å². The van der Waals surface area contributed by atoms with Gasteiger partial charge in [0.1, 0.15) is 11.4 Å². The molecule has 0 heterocycles. The minimum absolute atomic E-state index is 0.135. The van der Waals surface area contributed by atoms with Crippen LogP contribution >= 0.6 is 0 Å². The highest BCUT2D eigenvalue weighted by molar-refractivity contribution is 5.99. The fraction of sp³-hybridized carbons (Fsp3) is 0.133. The molecule has 2 rings (SSSR count). The molecule has 0 saturated carbocycles. The number of ether oxygens (including phenoxy) is 1. The van der Waals surface area contributed by atoms with Gasteiger partial charge in [-0.15, -0.1) is 0 Å². The van der Waals surface area contributed by atoms with Crippen LogP contribution in [0.4, 0.5) is 23.2 Å². The van der Waals surface area contributed by atoms with Crippen LogP contribution in [0.3, 0.4) is 0 Å². The molecule has 0 aliphatic heterocycles. The molecule has 116 valence electrons. The van der Waals surface area contributed by atoms with E-state index in [0.717, 1.165) is 0 Å². The van der Waals surface area contributed by atoms with Crippen LogP contribution in [-0.2, 0) is 0 Å². The first kappa shape index (κ1) is 15.8. The molecule has 0 fully saturated rings. The summed E-state index contributed by atoms with van der Waals surface area (Å²) in [4.78, 5) is 0. The van der Waals surface area contributed by atoms with E-state index in [1.165, 1.54) is 7.11 Å². The van der Waals surface area contributed by atoms with Gasteiger partial charge in [0.2, 0.25) is 0 Å². The molecular weight excluding hydrogens is 300 g/mol. The van der Waals surface area contributed by atoms with E-state index in [-0.39, 0.29) is 6.07 Å². The van der Waals surface area contributed by atoms with Crippen molar-refractivity contribution >= 4 is 11.4 Å². The molecule has 2 aromatic rings. The molecular formula is C15H12F4N2O. The largest absolute Gasteiger partial charge is 0.497 e. The van der Waals surface area contributed by atoms with E-state index >= 15 is 0 Å². The zero-order chi connectivity index (χ0) is 16.3. The molecule has 2 aromatic carbocycles. The van der Waals surface area contributed by atoms with Crippen LogP contribution in [0.25, 0.3) is 0 Å². The maximum Gasteiger partial charge on any atom is 0.186 e. The van der Waals surface area contributed by atoms with E-state index in [1.807, 2.05) is 5.43 Å². The van der Waals surface area contributed by atoms with Gasteiger partial charge in [0.15, 0.2) is 23.3 Å². The van der Waals surface area contributed by atoms with Crippen molar-refractivity contribution in [1.29, 1.82) is 0 Å². The Labute approximate surface area is 124 Å². The van der Waals surface area contributed by atoms with Crippen molar-refractivity contribution < 1.29 is 22.3 Å². The molecule has 1 N–H and O–H groups in total. The maximum atomic E-state index is 13.5. The molecule has 0 spiro atoms. The summed E-state index contributed by atoms with van der Waals surface area (Å²) in [5, 5.41) is 3.74. The normalized spacial score (nSPS) is 11.5. The predicted octanol–water partition coefficient (Wildman–Crippen LogP) is 4.09. The number of rotatable bonds is 4. The SMILES string of the molecule is COc1ccc(/C(C)=N/Nc2c(F)c(F)cc(F)c2F)cc1. The summed E-state index contributed by atoms with van der Waals surface area (Å²) in [5.41, 5.74) is 2.05. The van der Waals surface area contributed by atoms with Crippen molar-refractivity contribution in [3.05, 3.63) is 59.2 Å². The molecule has 0 unspecified atom stereocenters. The van der Waals surface area contributed by atoms with Gasteiger partial charge in [0.25, 0.3) is 0 Å². The Bertz CT molecular complexity index is 688. The molecule has 0 aromatic heterocycles. The predicted molar refractivity (Wildman–Crippen MR) is 75.1 cm³/mol. The van der Waals surface area contributed by atoms with Crippen molar-refractivity contribution in [2.45, 2.75) is 6.92 Å². The summed E-state index contributed by atoms with van der Waals surface area (Å²) >= 11 is 0. The van der Waals surface area contributed by atoms with E-state index < -0.39 is 29.0 Å². The number of nitrogens with one attached hydrogen (secondary N) is 1. The Kier molecular flexibility index (Phi) is 4.65. The first-order chi connectivity index (χ1) is 10.4. The third kappa shape index (κ3) is 3.19. The Morgan fingerprint density at radius 3 is 2.05 bits per heavy atom. The molecule has 0 aliphatic rings. The molecule has 0 saturated heterocycles. The zero-order valence-electron chi connectivity index (χ0n) is 11.8. The number of halogens is 4. The van der Waals surface area contributed by atoms with Crippen molar-refractivity contribution in [2.24, 2.45) is 5.10 Å². The lowest BCUT2D eigenvalue weighted by atomic mass is 10.1.